The van der Waals surface area contributed by atoms with Crippen LogP contribution in [0.5, 0.6) is 5.75 Å². The molecule has 0 aliphatic carbocycles. The number of nitrogens with one attached hydrogen (secondary N) is 1. The van der Waals surface area contributed by atoms with Crippen molar-refractivity contribution in [3.63, 3.8) is 0 Å². The van der Waals surface area contributed by atoms with Crippen LogP contribution in [0.2, 0.25) is 5.02 Å². The van der Waals surface area contributed by atoms with Crippen LogP contribution >= 0.6 is 11.6 Å². The van der Waals surface area contributed by atoms with Crippen LogP contribution in [0.4, 0.5) is 4.39 Å². The molecule has 2 aromatic carbocycles. The topological polar surface area (TPSA) is 75.3 Å². The quantitative estimate of drug-likeness (QED) is 0.654. The zero-order valence-electron chi connectivity index (χ0n) is 15.2. The number of hydrogen-bond donors (Lipinski definition) is 1. The molecule has 3 rings (SSSR count). The molecule has 1 amide bonds. The van der Waals surface area contributed by atoms with Crippen molar-refractivity contribution in [2.24, 2.45) is 0 Å². The Bertz CT molecular complexity index is 1050. The van der Waals surface area contributed by atoms with Gasteiger partial charge in [-0.25, -0.2) is 9.37 Å². The molecule has 0 saturated carbocycles. The molecule has 0 bridgehead atoms. The first kappa shape index (κ1) is 19.8. The Morgan fingerprint density at radius 3 is 2.86 bits per heavy atom. The van der Waals surface area contributed by atoms with E-state index in [1.165, 1.54) is 23.1 Å². The number of carbonyl (C=O) groups excluding carboxylic acids is 1. The van der Waals surface area contributed by atoms with E-state index in [1.54, 1.807) is 24.3 Å². The molecule has 8 heteroatoms. The summed E-state index contributed by atoms with van der Waals surface area (Å²) < 4.78 is 18.6. The fourth-order valence-corrected chi connectivity index (χ4v) is 2.94. The predicted octanol–water partition coefficient (Wildman–Crippen LogP) is 3.53. The van der Waals surface area contributed by atoms with E-state index in [2.05, 4.69) is 9.97 Å². The lowest BCUT2D eigenvalue weighted by atomic mass is 10.2. The van der Waals surface area contributed by atoms with Crippen molar-refractivity contribution in [2.45, 2.75) is 19.9 Å². The molecule has 0 unspecified atom stereocenters. The average molecular weight is 404 g/mol. The van der Waals surface area contributed by atoms with Crippen molar-refractivity contribution in [1.29, 1.82) is 0 Å². The third-order valence-electron chi connectivity index (χ3n) is 4.06. The fourth-order valence-electron chi connectivity index (χ4n) is 2.77. The van der Waals surface area contributed by atoms with Gasteiger partial charge in [0.05, 0.1) is 17.4 Å². The van der Waals surface area contributed by atoms with Crippen LogP contribution in [-0.2, 0) is 11.3 Å². The number of aromatic amines is 1. The monoisotopic (exact) mass is 403 g/mol. The van der Waals surface area contributed by atoms with E-state index in [0.717, 1.165) is 6.42 Å². The van der Waals surface area contributed by atoms with Gasteiger partial charge in [-0.1, -0.05) is 24.6 Å². The number of halogens is 2. The van der Waals surface area contributed by atoms with Gasteiger partial charge in [0.1, 0.15) is 17.4 Å². The maximum Gasteiger partial charge on any atom is 0.260 e. The van der Waals surface area contributed by atoms with Gasteiger partial charge in [0.15, 0.2) is 6.61 Å². The van der Waals surface area contributed by atoms with Gasteiger partial charge < -0.3 is 14.6 Å². The summed E-state index contributed by atoms with van der Waals surface area (Å²) in [5.74, 6) is -0.101. The second kappa shape index (κ2) is 8.84. The minimum absolute atomic E-state index is 0.122. The predicted molar refractivity (Wildman–Crippen MR) is 105 cm³/mol. The molecule has 0 spiro atoms. The summed E-state index contributed by atoms with van der Waals surface area (Å²) in [6.07, 6.45) is 0.718. The fraction of sp³-hybridized carbons (Fsp3) is 0.250. The van der Waals surface area contributed by atoms with E-state index in [9.17, 15) is 14.0 Å². The highest BCUT2D eigenvalue weighted by Gasteiger charge is 2.16. The summed E-state index contributed by atoms with van der Waals surface area (Å²) in [6, 6.07) is 10.4. The maximum absolute atomic E-state index is 13.2. The summed E-state index contributed by atoms with van der Waals surface area (Å²) in [4.78, 5) is 33.5. The zero-order chi connectivity index (χ0) is 20.1. The third-order valence-corrected chi connectivity index (χ3v) is 4.30. The highest BCUT2D eigenvalue weighted by molar-refractivity contribution is 6.31. The van der Waals surface area contributed by atoms with Crippen LogP contribution in [0.1, 0.15) is 19.2 Å². The molecule has 0 atom stereocenters. The number of H-pyrrole nitrogens is 1. The molecule has 1 N–H and O–H groups in total. The Balaban J connectivity index is 1.75. The Morgan fingerprint density at radius 2 is 2.11 bits per heavy atom. The van der Waals surface area contributed by atoms with Crippen molar-refractivity contribution >= 4 is 28.4 Å². The summed E-state index contributed by atoms with van der Waals surface area (Å²) in [6.45, 7) is 2.27. The van der Waals surface area contributed by atoms with Crippen LogP contribution < -0.4 is 10.3 Å². The van der Waals surface area contributed by atoms with Gasteiger partial charge in [0.25, 0.3) is 11.5 Å². The summed E-state index contributed by atoms with van der Waals surface area (Å²) >= 11 is 5.98. The highest BCUT2D eigenvalue weighted by Crippen LogP contribution is 2.15. The van der Waals surface area contributed by atoms with Gasteiger partial charge >= 0.3 is 0 Å². The van der Waals surface area contributed by atoms with Gasteiger partial charge in [-0.3, -0.25) is 9.59 Å². The van der Waals surface area contributed by atoms with E-state index < -0.39 is 5.82 Å². The Morgan fingerprint density at radius 1 is 1.29 bits per heavy atom. The Hall–Kier alpha value is -2.93. The number of aromatic nitrogens is 2. The number of amides is 1. The molecular formula is C20H19ClFN3O3. The van der Waals surface area contributed by atoms with E-state index >= 15 is 0 Å². The van der Waals surface area contributed by atoms with Crippen LogP contribution in [0.3, 0.4) is 0 Å². The minimum atomic E-state index is -0.438. The number of benzene rings is 2. The Kier molecular flexibility index (Phi) is 6.26. The molecular weight excluding hydrogens is 385 g/mol. The SMILES string of the molecule is CCCN(Cc1nc2cc(Cl)ccc2c(=O)[nH]1)C(=O)COc1cccc(F)c1. The van der Waals surface area contributed by atoms with Crippen molar-refractivity contribution in [3.05, 3.63) is 69.5 Å². The summed E-state index contributed by atoms with van der Waals surface area (Å²) in [7, 11) is 0. The second-order valence-corrected chi connectivity index (χ2v) is 6.67. The largest absolute Gasteiger partial charge is 0.484 e. The van der Waals surface area contributed by atoms with Gasteiger partial charge in [0, 0.05) is 17.6 Å². The van der Waals surface area contributed by atoms with Crippen LogP contribution in [0.25, 0.3) is 10.9 Å². The molecule has 0 radical (unpaired) electrons. The molecule has 146 valence electrons. The van der Waals surface area contributed by atoms with Gasteiger partial charge in [0.2, 0.25) is 0 Å². The maximum atomic E-state index is 13.2. The van der Waals surface area contributed by atoms with E-state index in [-0.39, 0.29) is 30.4 Å². The van der Waals surface area contributed by atoms with Gasteiger partial charge in [-0.15, -0.1) is 0 Å². The van der Waals surface area contributed by atoms with Crippen LogP contribution in [0, 0.1) is 5.82 Å². The molecule has 0 fully saturated rings. The summed E-state index contributed by atoms with van der Waals surface area (Å²) in [5.41, 5.74) is 0.169. The first-order valence-corrected chi connectivity index (χ1v) is 9.18. The van der Waals surface area contributed by atoms with Gasteiger partial charge in [-0.2, -0.15) is 0 Å². The van der Waals surface area contributed by atoms with E-state index in [4.69, 9.17) is 16.3 Å². The number of rotatable bonds is 7. The van der Waals surface area contributed by atoms with Crippen molar-refractivity contribution in [2.75, 3.05) is 13.2 Å². The van der Waals surface area contributed by atoms with Crippen LogP contribution in [-0.4, -0.2) is 33.9 Å². The third kappa shape index (κ3) is 4.86. The molecule has 28 heavy (non-hydrogen) atoms. The smallest absolute Gasteiger partial charge is 0.260 e. The number of hydrogen-bond acceptors (Lipinski definition) is 4. The highest BCUT2D eigenvalue weighted by atomic mass is 35.5. The minimum Gasteiger partial charge on any atom is -0.484 e. The van der Waals surface area contributed by atoms with Crippen molar-refractivity contribution in [1.82, 2.24) is 14.9 Å². The number of ether oxygens (including phenoxy) is 1. The standard InChI is InChI=1S/C20H19ClFN3O3/c1-2-8-25(19(26)12-28-15-5-3-4-14(22)10-15)11-18-23-17-9-13(21)6-7-16(17)20(27)24-18/h3-7,9-10H,2,8,11-12H2,1H3,(H,23,24,27). The van der Waals surface area contributed by atoms with Crippen molar-refractivity contribution < 1.29 is 13.9 Å². The van der Waals surface area contributed by atoms with Crippen molar-refractivity contribution in [3.8, 4) is 5.75 Å². The van der Waals surface area contributed by atoms with E-state index in [1.807, 2.05) is 6.92 Å². The molecule has 1 heterocycles. The molecule has 1 aromatic heterocycles. The molecule has 0 aliphatic heterocycles. The lowest BCUT2D eigenvalue weighted by molar-refractivity contribution is -0.134. The molecule has 6 nitrogen and oxygen atoms in total. The molecule has 0 aliphatic rings. The molecule has 3 aromatic rings. The second-order valence-electron chi connectivity index (χ2n) is 6.24. The summed E-state index contributed by atoms with van der Waals surface area (Å²) in [5, 5.41) is 0.900. The van der Waals surface area contributed by atoms with Gasteiger partial charge in [-0.05, 0) is 36.8 Å². The normalized spacial score (nSPS) is 10.8. The average Bonchev–Trinajstić information content (AvgIpc) is 2.65. The first-order valence-electron chi connectivity index (χ1n) is 8.81. The zero-order valence-corrected chi connectivity index (χ0v) is 16.0. The first-order chi connectivity index (χ1) is 13.5. The van der Waals surface area contributed by atoms with E-state index in [0.29, 0.717) is 28.3 Å². The number of nitrogens with zero attached hydrogens (tertiary/aromatic N) is 2. The number of fused-ring (bicyclic) bond motifs is 1. The number of carbonyl (C=O) groups is 1. The van der Waals surface area contributed by atoms with Crippen LogP contribution in [0.15, 0.2) is 47.3 Å². The molecule has 0 saturated heterocycles. The lowest BCUT2D eigenvalue weighted by Gasteiger charge is -2.21. The lowest BCUT2D eigenvalue weighted by Crippen LogP contribution is -2.36. The Labute approximate surface area is 165 Å².